The lowest BCUT2D eigenvalue weighted by atomic mass is 10.1. The first-order valence-electron chi connectivity index (χ1n) is 11.0. The second-order valence-corrected chi connectivity index (χ2v) is 8.82. The van der Waals surface area contributed by atoms with Crippen LogP contribution < -0.4 is 0 Å². The van der Waals surface area contributed by atoms with Crippen LogP contribution in [0.4, 0.5) is 13.2 Å². The SMILES string of the molecule is FC(F)(F)[C@@H](c1ccc2nnc(-c3ccc4ccc(C5CC5)cc4n3)n2c1)N1CCCC1. The number of rotatable bonds is 4. The van der Waals surface area contributed by atoms with Gasteiger partial charge in [0.05, 0.1) is 5.52 Å². The normalized spacial score (nSPS) is 18.6. The standard InChI is InChI=1S/C24H22F3N5/c25-24(26,27)22(31-11-1-2-12-31)18-8-10-21-29-30-23(32(21)14-18)19-9-7-16-5-6-17(15-3-4-15)13-20(16)28-19/h5-10,13-15,22H,1-4,11-12H2/t22-/m1/s1. The molecule has 1 saturated heterocycles. The highest BCUT2D eigenvalue weighted by Crippen LogP contribution is 2.41. The van der Waals surface area contributed by atoms with E-state index in [2.05, 4.69) is 28.4 Å². The summed E-state index contributed by atoms with van der Waals surface area (Å²) in [6, 6.07) is 11.6. The molecule has 8 heteroatoms. The highest BCUT2D eigenvalue weighted by Gasteiger charge is 2.45. The molecule has 1 aromatic carbocycles. The Morgan fingerprint density at radius 3 is 2.47 bits per heavy atom. The number of nitrogens with zero attached hydrogens (tertiary/aromatic N) is 5. The van der Waals surface area contributed by atoms with Crippen LogP contribution in [-0.4, -0.2) is 43.7 Å². The number of pyridine rings is 2. The molecule has 1 atom stereocenters. The molecule has 0 bridgehead atoms. The zero-order valence-electron chi connectivity index (χ0n) is 17.4. The Morgan fingerprint density at radius 2 is 1.72 bits per heavy atom. The number of aromatic nitrogens is 4. The van der Waals surface area contributed by atoms with Crippen molar-refractivity contribution in [3.8, 4) is 11.5 Å². The van der Waals surface area contributed by atoms with Crippen LogP contribution in [0.15, 0.2) is 48.7 Å². The Balaban J connectivity index is 1.44. The van der Waals surface area contributed by atoms with E-state index in [0.29, 0.717) is 36.2 Å². The Kier molecular flexibility index (Phi) is 4.47. The molecule has 0 amide bonds. The van der Waals surface area contributed by atoms with Gasteiger partial charge in [-0.2, -0.15) is 13.2 Å². The van der Waals surface area contributed by atoms with Gasteiger partial charge in [-0.15, -0.1) is 10.2 Å². The maximum absolute atomic E-state index is 14.0. The molecule has 0 unspecified atom stereocenters. The predicted molar refractivity (Wildman–Crippen MR) is 115 cm³/mol. The topological polar surface area (TPSA) is 46.3 Å². The van der Waals surface area contributed by atoms with Crippen LogP contribution in [0.1, 0.15) is 48.8 Å². The molecule has 0 radical (unpaired) electrons. The number of halogens is 3. The highest BCUT2D eigenvalue weighted by atomic mass is 19.4. The summed E-state index contributed by atoms with van der Waals surface area (Å²) < 4.78 is 43.6. The van der Waals surface area contributed by atoms with Gasteiger partial charge >= 0.3 is 6.18 Å². The van der Waals surface area contributed by atoms with Gasteiger partial charge in [0, 0.05) is 11.6 Å². The molecule has 0 spiro atoms. The number of benzene rings is 1. The number of hydrogen-bond donors (Lipinski definition) is 0. The van der Waals surface area contributed by atoms with Gasteiger partial charge in [-0.3, -0.25) is 9.30 Å². The van der Waals surface area contributed by atoms with Gasteiger partial charge in [0.2, 0.25) is 0 Å². The van der Waals surface area contributed by atoms with Crippen LogP contribution in [0.5, 0.6) is 0 Å². The van der Waals surface area contributed by atoms with E-state index >= 15 is 0 Å². The highest BCUT2D eigenvalue weighted by molar-refractivity contribution is 5.82. The van der Waals surface area contributed by atoms with Gasteiger partial charge in [-0.05, 0) is 74.0 Å². The van der Waals surface area contributed by atoms with Crippen LogP contribution >= 0.6 is 0 Å². The van der Waals surface area contributed by atoms with Crippen molar-refractivity contribution < 1.29 is 13.2 Å². The Bertz CT molecular complexity index is 1300. The molecule has 5 nitrogen and oxygen atoms in total. The summed E-state index contributed by atoms with van der Waals surface area (Å²) in [6.07, 6.45) is 1.16. The fourth-order valence-electron chi connectivity index (χ4n) is 4.78. The maximum Gasteiger partial charge on any atom is 0.408 e. The summed E-state index contributed by atoms with van der Waals surface area (Å²) in [5.41, 5.74) is 3.45. The molecule has 32 heavy (non-hydrogen) atoms. The third-order valence-electron chi connectivity index (χ3n) is 6.55. The molecule has 1 saturated carbocycles. The van der Waals surface area contributed by atoms with Gasteiger partial charge in [-0.1, -0.05) is 24.3 Å². The quantitative estimate of drug-likeness (QED) is 0.422. The lowest BCUT2D eigenvalue weighted by Crippen LogP contribution is -2.36. The number of fused-ring (bicyclic) bond motifs is 2. The first-order valence-corrected chi connectivity index (χ1v) is 11.0. The first-order chi connectivity index (χ1) is 15.5. The zero-order valence-corrected chi connectivity index (χ0v) is 17.4. The van der Waals surface area contributed by atoms with Crippen molar-refractivity contribution >= 4 is 16.6 Å². The first kappa shape index (κ1) is 19.7. The molecule has 6 rings (SSSR count). The Morgan fingerprint density at radius 1 is 0.938 bits per heavy atom. The van der Waals surface area contributed by atoms with Crippen LogP contribution in [0.25, 0.3) is 28.1 Å². The van der Waals surface area contributed by atoms with Crippen molar-refractivity contribution in [3.63, 3.8) is 0 Å². The molecule has 1 aliphatic carbocycles. The molecule has 1 aliphatic heterocycles. The van der Waals surface area contributed by atoms with Gasteiger partial charge < -0.3 is 0 Å². The molecular weight excluding hydrogens is 415 g/mol. The van der Waals surface area contributed by atoms with E-state index in [-0.39, 0.29) is 5.56 Å². The van der Waals surface area contributed by atoms with Crippen LogP contribution in [0.3, 0.4) is 0 Å². The van der Waals surface area contributed by atoms with E-state index in [1.54, 1.807) is 10.5 Å². The van der Waals surface area contributed by atoms with Gasteiger partial charge in [0.1, 0.15) is 11.7 Å². The molecule has 2 fully saturated rings. The van der Waals surface area contributed by atoms with E-state index in [1.807, 2.05) is 12.1 Å². The minimum Gasteiger partial charge on any atom is -0.289 e. The summed E-state index contributed by atoms with van der Waals surface area (Å²) in [5.74, 6) is 1.06. The van der Waals surface area contributed by atoms with E-state index in [1.165, 1.54) is 35.6 Å². The summed E-state index contributed by atoms with van der Waals surface area (Å²) in [7, 11) is 0. The Hall–Kier alpha value is -3.00. The predicted octanol–water partition coefficient (Wildman–Crippen LogP) is 5.52. The van der Waals surface area contributed by atoms with Crippen LogP contribution in [-0.2, 0) is 0 Å². The van der Waals surface area contributed by atoms with Crippen molar-refractivity contribution in [1.82, 2.24) is 24.5 Å². The monoisotopic (exact) mass is 437 g/mol. The van der Waals surface area contributed by atoms with Crippen molar-refractivity contribution in [2.75, 3.05) is 13.1 Å². The third-order valence-corrected chi connectivity index (χ3v) is 6.55. The van der Waals surface area contributed by atoms with E-state index in [0.717, 1.165) is 23.7 Å². The molecule has 164 valence electrons. The second kappa shape index (κ2) is 7.27. The minimum atomic E-state index is -4.35. The van der Waals surface area contributed by atoms with Crippen LogP contribution in [0.2, 0.25) is 0 Å². The minimum absolute atomic E-state index is 0.199. The average molecular weight is 437 g/mol. The summed E-state index contributed by atoms with van der Waals surface area (Å²) in [4.78, 5) is 6.30. The lowest BCUT2D eigenvalue weighted by Gasteiger charge is -2.29. The van der Waals surface area contributed by atoms with E-state index in [4.69, 9.17) is 4.98 Å². The number of likely N-dealkylation sites (tertiary alicyclic amines) is 1. The molecule has 2 aliphatic rings. The molecule has 4 heterocycles. The van der Waals surface area contributed by atoms with Crippen molar-refractivity contribution in [2.24, 2.45) is 0 Å². The molecule has 3 aromatic heterocycles. The third kappa shape index (κ3) is 3.43. The smallest absolute Gasteiger partial charge is 0.289 e. The van der Waals surface area contributed by atoms with Gasteiger partial charge in [0.15, 0.2) is 11.5 Å². The molecule has 4 aromatic rings. The van der Waals surface area contributed by atoms with Crippen molar-refractivity contribution in [1.29, 1.82) is 0 Å². The van der Waals surface area contributed by atoms with Crippen molar-refractivity contribution in [2.45, 2.75) is 43.8 Å². The molecule has 0 N–H and O–H groups in total. The fraction of sp³-hybridized carbons (Fsp3) is 0.375. The van der Waals surface area contributed by atoms with Crippen molar-refractivity contribution in [3.05, 3.63) is 59.8 Å². The van der Waals surface area contributed by atoms with E-state index in [9.17, 15) is 13.2 Å². The second-order valence-electron chi connectivity index (χ2n) is 8.82. The summed E-state index contributed by atoms with van der Waals surface area (Å²) >= 11 is 0. The molecular formula is C24H22F3N5. The van der Waals surface area contributed by atoms with Gasteiger partial charge in [-0.25, -0.2) is 4.98 Å². The zero-order chi connectivity index (χ0) is 21.9. The number of alkyl halides is 3. The Labute approximate surface area is 182 Å². The summed E-state index contributed by atoms with van der Waals surface area (Å²) in [6.45, 7) is 0.902. The fourth-order valence-corrected chi connectivity index (χ4v) is 4.78. The van der Waals surface area contributed by atoms with Crippen LogP contribution in [0, 0.1) is 0 Å². The van der Waals surface area contributed by atoms with Gasteiger partial charge in [0.25, 0.3) is 0 Å². The summed E-state index contributed by atoms with van der Waals surface area (Å²) in [5, 5.41) is 9.45. The maximum atomic E-state index is 14.0. The number of hydrogen-bond acceptors (Lipinski definition) is 4. The van der Waals surface area contributed by atoms with E-state index < -0.39 is 12.2 Å². The lowest BCUT2D eigenvalue weighted by molar-refractivity contribution is -0.183. The largest absolute Gasteiger partial charge is 0.408 e. The average Bonchev–Trinajstić information content (AvgIpc) is 3.33.